The molecule has 0 saturated heterocycles. The van der Waals surface area contributed by atoms with Crippen LogP contribution in [0.25, 0.3) is 0 Å². The third-order valence-electron chi connectivity index (χ3n) is 4.25. The van der Waals surface area contributed by atoms with Gasteiger partial charge in [-0.1, -0.05) is 43.1 Å². The molecule has 0 saturated carbocycles. The van der Waals surface area contributed by atoms with Crippen molar-refractivity contribution in [3.8, 4) is 0 Å². The normalized spacial score (nSPS) is 14.8. The zero-order valence-electron chi connectivity index (χ0n) is 13.2. The van der Waals surface area contributed by atoms with Crippen LogP contribution in [0.4, 0.5) is 5.69 Å². The van der Waals surface area contributed by atoms with Crippen LogP contribution in [-0.2, 0) is 18.9 Å². The van der Waals surface area contributed by atoms with E-state index in [1.807, 2.05) is 19.2 Å². The first kappa shape index (κ1) is 18.2. The van der Waals surface area contributed by atoms with Gasteiger partial charge in [-0.2, -0.15) is 0 Å². The van der Waals surface area contributed by atoms with Crippen molar-refractivity contribution in [3.63, 3.8) is 0 Å². The highest BCUT2D eigenvalue weighted by atomic mass is 35.5. The van der Waals surface area contributed by atoms with E-state index in [-0.39, 0.29) is 23.4 Å². The lowest BCUT2D eigenvalue weighted by Gasteiger charge is -2.20. The molecule has 2 aromatic rings. The van der Waals surface area contributed by atoms with Gasteiger partial charge in [0.1, 0.15) is 0 Å². The molecule has 1 aliphatic rings. The summed E-state index contributed by atoms with van der Waals surface area (Å²) in [5.74, 6) is 0. The van der Waals surface area contributed by atoms with Crippen LogP contribution >= 0.6 is 35.6 Å². The molecule has 124 valence electrons. The van der Waals surface area contributed by atoms with E-state index in [4.69, 9.17) is 23.2 Å². The molecule has 2 heterocycles. The largest absolute Gasteiger partial charge is 0.383 e. The highest BCUT2D eigenvalue weighted by molar-refractivity contribution is 6.35. The number of aromatic nitrogens is 1. The number of benzene rings is 1. The van der Waals surface area contributed by atoms with Gasteiger partial charge in [0.2, 0.25) is 0 Å². The van der Waals surface area contributed by atoms with Crippen LogP contribution in [0, 0.1) is 0 Å². The van der Waals surface area contributed by atoms with E-state index in [1.165, 1.54) is 0 Å². The van der Waals surface area contributed by atoms with Crippen LogP contribution in [0.15, 0.2) is 29.1 Å². The maximum Gasteiger partial charge on any atom is 0.254 e. The first-order valence-electron chi connectivity index (χ1n) is 7.21. The lowest BCUT2D eigenvalue weighted by Crippen LogP contribution is -2.30. The predicted octanol–water partition coefficient (Wildman–Crippen LogP) is 4.41. The second-order valence-electron chi connectivity index (χ2n) is 6.45. The third kappa shape index (κ3) is 3.23. The zero-order valence-corrected chi connectivity index (χ0v) is 15.6. The Labute approximate surface area is 152 Å². The maximum absolute atomic E-state index is 12.7. The number of hydrogen-bond acceptors (Lipinski definition) is 2. The fourth-order valence-electron chi connectivity index (χ4n) is 3.15. The van der Waals surface area contributed by atoms with E-state index in [0.29, 0.717) is 16.5 Å². The second-order valence-corrected chi connectivity index (χ2v) is 7.29. The number of nitrogens with zero attached hydrogens (tertiary/aromatic N) is 1. The first-order chi connectivity index (χ1) is 10.3. The topological polar surface area (TPSA) is 34.0 Å². The van der Waals surface area contributed by atoms with Crippen molar-refractivity contribution in [3.05, 3.63) is 61.5 Å². The number of fused-ring (bicyclic) bond motifs is 1. The van der Waals surface area contributed by atoms with E-state index in [0.717, 1.165) is 29.1 Å². The lowest BCUT2D eigenvalue weighted by atomic mass is 9.90. The smallest absolute Gasteiger partial charge is 0.254 e. The summed E-state index contributed by atoms with van der Waals surface area (Å²) in [6, 6.07) is 7.33. The predicted molar refractivity (Wildman–Crippen MR) is 99.7 cm³/mol. The van der Waals surface area contributed by atoms with Crippen molar-refractivity contribution in [2.45, 2.75) is 25.7 Å². The zero-order chi connectivity index (χ0) is 16.1. The molecule has 0 aliphatic carbocycles. The molecule has 0 bridgehead atoms. The maximum atomic E-state index is 12.7. The summed E-state index contributed by atoms with van der Waals surface area (Å²) in [6.07, 6.45) is 0.498. The summed E-state index contributed by atoms with van der Waals surface area (Å²) in [5, 5.41) is 4.58. The molecule has 0 fully saturated rings. The monoisotopic (exact) mass is 372 g/mol. The van der Waals surface area contributed by atoms with E-state index < -0.39 is 0 Å². The van der Waals surface area contributed by atoms with Gasteiger partial charge in [-0.05, 0) is 23.8 Å². The Bertz CT molecular complexity index is 812. The molecule has 1 N–H and O–H groups in total. The quantitative estimate of drug-likeness (QED) is 0.846. The van der Waals surface area contributed by atoms with Crippen molar-refractivity contribution in [1.29, 1.82) is 0 Å². The Morgan fingerprint density at radius 1 is 1.22 bits per heavy atom. The van der Waals surface area contributed by atoms with Crippen LogP contribution in [0.1, 0.15) is 30.7 Å². The lowest BCUT2D eigenvalue weighted by molar-refractivity contribution is 0.535. The fraction of sp³-hybridized carbons (Fsp3) is 0.353. The molecule has 3 nitrogen and oxygen atoms in total. The minimum atomic E-state index is -0.0420. The van der Waals surface area contributed by atoms with E-state index >= 15 is 0 Å². The minimum absolute atomic E-state index is 0. The number of hydrogen-bond donors (Lipinski definition) is 1. The molecule has 23 heavy (non-hydrogen) atoms. The van der Waals surface area contributed by atoms with Crippen molar-refractivity contribution in [2.24, 2.45) is 7.05 Å². The molecule has 1 aromatic heterocycles. The molecular formula is C17H19Cl3N2O. The highest BCUT2D eigenvalue weighted by Gasteiger charge is 2.33. The number of rotatable bonds is 2. The van der Waals surface area contributed by atoms with Gasteiger partial charge >= 0.3 is 0 Å². The molecule has 3 rings (SSSR count). The molecule has 1 aliphatic heterocycles. The number of halogens is 3. The van der Waals surface area contributed by atoms with Crippen LogP contribution < -0.4 is 10.9 Å². The van der Waals surface area contributed by atoms with Crippen molar-refractivity contribution < 1.29 is 0 Å². The summed E-state index contributed by atoms with van der Waals surface area (Å²) in [7, 11) is 1.84. The molecular weight excluding hydrogens is 355 g/mol. The Hall–Kier alpha value is -1.16. The van der Waals surface area contributed by atoms with Gasteiger partial charge in [0.15, 0.2) is 0 Å². The van der Waals surface area contributed by atoms with Gasteiger partial charge in [-0.25, -0.2) is 0 Å². The van der Waals surface area contributed by atoms with Gasteiger partial charge in [0.25, 0.3) is 5.56 Å². The summed E-state index contributed by atoms with van der Waals surface area (Å²) >= 11 is 12.1. The van der Waals surface area contributed by atoms with E-state index in [1.54, 1.807) is 16.7 Å². The number of nitrogens with one attached hydrogen (secondary N) is 1. The van der Waals surface area contributed by atoms with E-state index in [2.05, 4.69) is 19.2 Å². The van der Waals surface area contributed by atoms with Crippen LogP contribution in [-0.4, -0.2) is 11.1 Å². The summed E-state index contributed by atoms with van der Waals surface area (Å²) < 4.78 is 1.76. The van der Waals surface area contributed by atoms with Crippen LogP contribution in [0.3, 0.4) is 0 Å². The molecule has 0 radical (unpaired) electrons. The molecule has 6 heteroatoms. The van der Waals surface area contributed by atoms with Crippen molar-refractivity contribution >= 4 is 41.3 Å². The standard InChI is InChI=1S/C17H18Cl2N2O.ClH/c1-17(2)9-20-14-7-11(16(22)21(3)15(14)17)6-10-4-5-12(18)8-13(10)19;/h4-5,7-8,20H,6,9H2,1-3H3;1H. The van der Waals surface area contributed by atoms with Crippen LogP contribution in [0.2, 0.25) is 10.0 Å². The van der Waals surface area contributed by atoms with E-state index in [9.17, 15) is 4.79 Å². The Morgan fingerprint density at radius 3 is 2.57 bits per heavy atom. The average Bonchev–Trinajstić information content (AvgIpc) is 2.74. The Balaban J connectivity index is 0.00000192. The van der Waals surface area contributed by atoms with Gasteiger partial charge in [-0.15, -0.1) is 12.4 Å². The first-order valence-corrected chi connectivity index (χ1v) is 7.96. The molecule has 0 spiro atoms. The molecule has 0 atom stereocenters. The SMILES string of the molecule is Cl.Cn1c2c(cc(Cc3ccc(Cl)cc3Cl)c1=O)NCC2(C)C. The van der Waals surface area contributed by atoms with Gasteiger partial charge in [-0.3, -0.25) is 4.79 Å². The molecule has 0 amide bonds. The third-order valence-corrected chi connectivity index (χ3v) is 4.83. The summed E-state index contributed by atoms with van der Waals surface area (Å²) in [5.41, 5.74) is 3.72. The van der Waals surface area contributed by atoms with Crippen molar-refractivity contribution in [2.75, 3.05) is 11.9 Å². The second kappa shape index (κ2) is 6.39. The average molecular weight is 374 g/mol. The Kier molecular flexibility index (Phi) is 5.05. The number of anilines is 1. The number of pyridine rings is 1. The van der Waals surface area contributed by atoms with Crippen molar-refractivity contribution in [1.82, 2.24) is 4.57 Å². The summed E-state index contributed by atoms with van der Waals surface area (Å²) in [6.45, 7) is 5.11. The van der Waals surface area contributed by atoms with Gasteiger partial charge in [0.05, 0.1) is 11.4 Å². The minimum Gasteiger partial charge on any atom is -0.383 e. The van der Waals surface area contributed by atoms with Gasteiger partial charge in [0, 0.05) is 41.0 Å². The molecule has 1 aromatic carbocycles. The Morgan fingerprint density at radius 2 is 1.91 bits per heavy atom. The molecule has 0 unspecified atom stereocenters. The highest BCUT2D eigenvalue weighted by Crippen LogP contribution is 2.35. The summed E-state index contributed by atoms with van der Waals surface area (Å²) in [4.78, 5) is 12.7. The van der Waals surface area contributed by atoms with Crippen LogP contribution in [0.5, 0.6) is 0 Å². The fourth-order valence-corrected chi connectivity index (χ4v) is 3.63. The van der Waals surface area contributed by atoms with Gasteiger partial charge < -0.3 is 9.88 Å².